The number of H-pyrrole nitrogens is 1. The molecular formula is C13H9N3OSe. The van der Waals surface area contributed by atoms with Crippen molar-refractivity contribution >= 4 is 46.3 Å². The maximum atomic E-state index is 5.28. The van der Waals surface area contributed by atoms with Gasteiger partial charge < -0.3 is 0 Å². The third-order valence-corrected chi connectivity index (χ3v) is 4.81. The van der Waals surface area contributed by atoms with E-state index in [1.54, 1.807) is 7.11 Å². The molecule has 0 aliphatic heterocycles. The van der Waals surface area contributed by atoms with Crippen molar-refractivity contribution in [3.63, 3.8) is 0 Å². The molecule has 2 aromatic heterocycles. The molecule has 0 bridgehead atoms. The molecule has 0 atom stereocenters. The standard InChI is InChI=1S/C13H9N3OSe/c1-17-7-2-4-10-9(6-7)8-3-5-11-13(12(8)14-10)18-16-15-11/h2-6,16H,1H3. The fourth-order valence-corrected chi connectivity index (χ4v) is 3.75. The Balaban J connectivity index is 2.23. The minimum atomic E-state index is 0.191. The van der Waals surface area contributed by atoms with Gasteiger partial charge in [-0.3, -0.25) is 0 Å². The molecule has 4 rings (SSSR count). The molecule has 2 heterocycles. The van der Waals surface area contributed by atoms with E-state index in [9.17, 15) is 0 Å². The van der Waals surface area contributed by atoms with E-state index < -0.39 is 0 Å². The van der Waals surface area contributed by atoms with Crippen LogP contribution in [0, 0.1) is 0 Å². The van der Waals surface area contributed by atoms with Crippen molar-refractivity contribution in [2.75, 3.05) is 7.11 Å². The van der Waals surface area contributed by atoms with Crippen molar-refractivity contribution in [1.82, 2.24) is 14.2 Å². The van der Waals surface area contributed by atoms with Gasteiger partial charge in [0.1, 0.15) is 0 Å². The van der Waals surface area contributed by atoms with Crippen molar-refractivity contribution in [2.45, 2.75) is 0 Å². The van der Waals surface area contributed by atoms with E-state index in [1.165, 1.54) is 9.65 Å². The number of methoxy groups -OCH3 is 1. The summed E-state index contributed by atoms with van der Waals surface area (Å²) in [5, 5.41) is 6.60. The molecule has 88 valence electrons. The van der Waals surface area contributed by atoms with E-state index in [0.29, 0.717) is 0 Å². The van der Waals surface area contributed by atoms with Gasteiger partial charge in [-0.05, 0) is 0 Å². The van der Waals surface area contributed by atoms with Crippen LogP contribution in [-0.2, 0) is 0 Å². The van der Waals surface area contributed by atoms with Crippen molar-refractivity contribution in [2.24, 2.45) is 0 Å². The molecule has 0 unspecified atom stereocenters. The van der Waals surface area contributed by atoms with E-state index in [1.807, 2.05) is 18.2 Å². The third-order valence-electron chi connectivity index (χ3n) is 3.15. The average Bonchev–Trinajstić information content (AvgIpc) is 3.01. The molecule has 1 N–H and O–H groups in total. The number of ether oxygens (including phenoxy) is 1. The molecule has 0 saturated carbocycles. The fourth-order valence-electron chi connectivity index (χ4n) is 2.27. The Morgan fingerprint density at radius 2 is 2.00 bits per heavy atom. The van der Waals surface area contributed by atoms with Crippen LogP contribution in [0.4, 0.5) is 0 Å². The molecule has 4 nitrogen and oxygen atoms in total. The quantitative estimate of drug-likeness (QED) is 0.549. The van der Waals surface area contributed by atoms with E-state index in [-0.39, 0.29) is 14.7 Å². The fraction of sp³-hybridized carbons (Fsp3) is 0.0769. The van der Waals surface area contributed by atoms with Crippen LogP contribution in [0.5, 0.6) is 5.75 Å². The third kappa shape index (κ3) is 1.26. The van der Waals surface area contributed by atoms with Crippen molar-refractivity contribution in [1.29, 1.82) is 0 Å². The zero-order valence-corrected chi connectivity index (χ0v) is 11.3. The molecule has 0 saturated heterocycles. The minimum absolute atomic E-state index is 0.191. The van der Waals surface area contributed by atoms with Crippen LogP contribution in [0.15, 0.2) is 30.3 Å². The van der Waals surface area contributed by atoms with Crippen LogP contribution in [0.25, 0.3) is 31.6 Å². The predicted molar refractivity (Wildman–Crippen MR) is 72.4 cm³/mol. The van der Waals surface area contributed by atoms with Gasteiger partial charge in [0, 0.05) is 0 Å². The summed E-state index contributed by atoms with van der Waals surface area (Å²) in [4.78, 5) is 4.72. The van der Waals surface area contributed by atoms with E-state index in [2.05, 4.69) is 21.3 Å². The molecule has 0 aliphatic rings. The number of nitrogens with one attached hydrogen (secondary N) is 1. The Bertz CT molecular complexity index is 878. The SMILES string of the molecule is COc1ccc2nc3c(ccc4n[nH][se]c43)c2c1. The second-order valence-corrected chi connectivity index (χ2v) is 5.78. The monoisotopic (exact) mass is 303 g/mol. The van der Waals surface area contributed by atoms with Gasteiger partial charge in [-0.1, -0.05) is 0 Å². The molecule has 2 aromatic carbocycles. The average molecular weight is 302 g/mol. The molecule has 18 heavy (non-hydrogen) atoms. The molecule has 4 aromatic rings. The van der Waals surface area contributed by atoms with Crippen LogP contribution in [0.1, 0.15) is 0 Å². The number of benzene rings is 2. The number of hydrogen-bond acceptors (Lipinski definition) is 3. The Hall–Kier alpha value is -1.84. The van der Waals surface area contributed by atoms with Crippen LogP contribution in [-0.4, -0.2) is 36.0 Å². The number of hydrogen-bond donors (Lipinski definition) is 1. The Morgan fingerprint density at radius 3 is 2.89 bits per heavy atom. The molecule has 0 aliphatic carbocycles. The number of aromatic nitrogens is 3. The number of aromatic amines is 1. The van der Waals surface area contributed by atoms with Crippen LogP contribution < -0.4 is 4.74 Å². The zero-order valence-electron chi connectivity index (χ0n) is 9.60. The van der Waals surface area contributed by atoms with E-state index >= 15 is 0 Å². The summed E-state index contributed by atoms with van der Waals surface area (Å²) in [5.74, 6) is 0.866. The first-order valence-corrected chi connectivity index (χ1v) is 7.28. The molecule has 0 radical (unpaired) electrons. The molecule has 5 heteroatoms. The maximum absolute atomic E-state index is 5.28. The topological polar surface area (TPSA) is 50.8 Å². The van der Waals surface area contributed by atoms with Gasteiger partial charge in [0.05, 0.1) is 0 Å². The first kappa shape index (κ1) is 10.1. The normalized spacial score (nSPS) is 11.6. The van der Waals surface area contributed by atoms with Crippen LogP contribution in [0.2, 0.25) is 0 Å². The van der Waals surface area contributed by atoms with Crippen LogP contribution in [0.3, 0.4) is 0 Å². The molecular weight excluding hydrogens is 293 g/mol. The van der Waals surface area contributed by atoms with Gasteiger partial charge in [0.15, 0.2) is 0 Å². The summed E-state index contributed by atoms with van der Waals surface area (Å²) in [5.41, 5.74) is 3.11. The number of rotatable bonds is 1. The second kappa shape index (κ2) is 3.57. The Labute approximate surface area is 109 Å². The van der Waals surface area contributed by atoms with E-state index in [0.717, 1.165) is 27.7 Å². The zero-order chi connectivity index (χ0) is 12.1. The summed E-state index contributed by atoms with van der Waals surface area (Å²) in [6.07, 6.45) is 0. The van der Waals surface area contributed by atoms with Gasteiger partial charge in [-0.15, -0.1) is 0 Å². The molecule has 0 fully saturated rings. The summed E-state index contributed by atoms with van der Waals surface area (Å²) in [7, 11) is 1.68. The van der Waals surface area contributed by atoms with E-state index in [4.69, 9.17) is 9.72 Å². The van der Waals surface area contributed by atoms with Crippen molar-refractivity contribution in [3.05, 3.63) is 30.3 Å². The molecule has 0 spiro atoms. The van der Waals surface area contributed by atoms with Gasteiger partial charge in [0.25, 0.3) is 0 Å². The van der Waals surface area contributed by atoms with Gasteiger partial charge >= 0.3 is 108 Å². The molecule has 0 amide bonds. The second-order valence-electron chi connectivity index (χ2n) is 4.11. The van der Waals surface area contributed by atoms with Crippen LogP contribution >= 0.6 is 0 Å². The summed E-state index contributed by atoms with van der Waals surface area (Å²) >= 11 is 0.191. The number of nitrogens with zero attached hydrogens (tertiary/aromatic N) is 2. The van der Waals surface area contributed by atoms with Gasteiger partial charge in [-0.25, -0.2) is 0 Å². The first-order chi connectivity index (χ1) is 8.86. The van der Waals surface area contributed by atoms with Gasteiger partial charge in [0.2, 0.25) is 0 Å². The number of fused-ring (bicyclic) bond motifs is 5. The predicted octanol–water partition coefficient (Wildman–Crippen LogP) is 2.33. The first-order valence-electron chi connectivity index (χ1n) is 5.56. The summed E-state index contributed by atoms with van der Waals surface area (Å²) < 4.78 is 9.59. The summed E-state index contributed by atoms with van der Waals surface area (Å²) in [6.45, 7) is 0. The summed E-state index contributed by atoms with van der Waals surface area (Å²) in [6, 6.07) is 10.1. The van der Waals surface area contributed by atoms with Gasteiger partial charge in [-0.2, -0.15) is 0 Å². The Kier molecular flexibility index (Phi) is 2.01. The van der Waals surface area contributed by atoms with Crippen molar-refractivity contribution < 1.29 is 4.74 Å². The van der Waals surface area contributed by atoms with Crippen molar-refractivity contribution in [3.8, 4) is 5.75 Å². The Morgan fingerprint density at radius 1 is 1.11 bits per heavy atom.